The molecule has 5 rings (SSSR count). The van der Waals surface area contributed by atoms with E-state index in [1.165, 1.54) is 0 Å². The Morgan fingerprint density at radius 2 is 1.45 bits per heavy atom. The number of likely N-dealkylation sites (tertiary alicyclic amines) is 1. The van der Waals surface area contributed by atoms with Gasteiger partial charge < -0.3 is 20.0 Å². The summed E-state index contributed by atoms with van der Waals surface area (Å²) >= 11 is 0. The number of nitrogens with zero attached hydrogens (tertiary/aromatic N) is 3. The van der Waals surface area contributed by atoms with Gasteiger partial charge in [0.05, 0.1) is 6.67 Å². The smallest absolute Gasteiger partial charge is 0.250 e. The first-order valence-corrected chi connectivity index (χ1v) is 13.0. The van der Waals surface area contributed by atoms with Gasteiger partial charge in [-0.15, -0.1) is 0 Å². The average Bonchev–Trinajstić information content (AvgIpc) is 3.23. The summed E-state index contributed by atoms with van der Waals surface area (Å²) in [5, 5.41) is 2.93. The first-order chi connectivity index (χ1) is 18.5. The second-order valence-electron chi connectivity index (χ2n) is 9.77. The van der Waals surface area contributed by atoms with Gasteiger partial charge in [-0.3, -0.25) is 14.4 Å². The number of benzene rings is 3. The quantitative estimate of drug-likeness (QED) is 0.494. The van der Waals surface area contributed by atoms with Crippen molar-refractivity contribution in [2.24, 2.45) is 0 Å². The summed E-state index contributed by atoms with van der Waals surface area (Å²) in [6.45, 7) is 1.70. The Morgan fingerprint density at radius 3 is 2.11 bits per heavy atom. The molecule has 7 heteroatoms. The monoisotopic (exact) mass is 508 g/mol. The zero-order chi connectivity index (χ0) is 26.4. The lowest BCUT2D eigenvalue weighted by Gasteiger charge is -2.43. The van der Waals surface area contributed by atoms with E-state index in [4.69, 9.17) is 0 Å². The van der Waals surface area contributed by atoms with E-state index in [1.807, 2.05) is 97.1 Å². The summed E-state index contributed by atoms with van der Waals surface area (Å²) in [5.41, 5.74) is 2.14. The Kier molecular flexibility index (Phi) is 7.54. The van der Waals surface area contributed by atoms with Gasteiger partial charge in [0.2, 0.25) is 11.8 Å². The molecule has 2 aliphatic heterocycles. The summed E-state index contributed by atoms with van der Waals surface area (Å²) in [6, 6.07) is 29.3. The van der Waals surface area contributed by atoms with E-state index in [9.17, 15) is 14.4 Å². The molecule has 0 radical (unpaired) electrons. The molecule has 2 fully saturated rings. The van der Waals surface area contributed by atoms with Crippen molar-refractivity contribution in [1.29, 1.82) is 0 Å². The largest absolute Gasteiger partial charge is 0.350 e. The minimum Gasteiger partial charge on any atom is -0.350 e. The molecule has 7 nitrogen and oxygen atoms in total. The number of carbonyl (C=O) groups is 3. The van der Waals surface area contributed by atoms with Gasteiger partial charge in [0.25, 0.3) is 5.91 Å². The van der Waals surface area contributed by atoms with Gasteiger partial charge in [-0.1, -0.05) is 78.9 Å². The van der Waals surface area contributed by atoms with Gasteiger partial charge in [-0.25, -0.2) is 0 Å². The molecule has 1 spiro atoms. The van der Waals surface area contributed by atoms with E-state index >= 15 is 0 Å². The van der Waals surface area contributed by atoms with Crippen LogP contribution in [0.5, 0.6) is 0 Å². The van der Waals surface area contributed by atoms with E-state index in [0.717, 1.165) is 16.8 Å². The van der Waals surface area contributed by atoms with Crippen LogP contribution in [0.4, 0.5) is 5.69 Å². The Labute approximate surface area is 223 Å². The number of hydrogen-bond acceptors (Lipinski definition) is 4. The molecule has 0 atom stereocenters. The molecule has 2 saturated heterocycles. The third-order valence-corrected chi connectivity index (χ3v) is 7.37. The number of rotatable bonds is 7. The van der Waals surface area contributed by atoms with Crippen molar-refractivity contribution in [2.75, 3.05) is 31.2 Å². The number of amides is 3. The number of anilines is 1. The Hall–Kier alpha value is -4.39. The number of carbonyl (C=O) groups excluding carboxylic acids is 3. The second kappa shape index (κ2) is 11.3. The predicted molar refractivity (Wildman–Crippen MR) is 148 cm³/mol. The maximum absolute atomic E-state index is 13.8. The number of hydrogen-bond donors (Lipinski definition) is 1. The van der Waals surface area contributed by atoms with Crippen LogP contribution >= 0.6 is 0 Å². The third-order valence-electron chi connectivity index (χ3n) is 7.37. The van der Waals surface area contributed by atoms with Gasteiger partial charge in [0, 0.05) is 31.4 Å². The minimum atomic E-state index is -0.777. The van der Waals surface area contributed by atoms with Crippen LogP contribution in [0, 0.1) is 0 Å². The summed E-state index contributed by atoms with van der Waals surface area (Å²) < 4.78 is 0. The van der Waals surface area contributed by atoms with Crippen LogP contribution in [0.1, 0.15) is 24.0 Å². The summed E-state index contributed by atoms with van der Waals surface area (Å²) in [4.78, 5) is 45.1. The molecule has 0 saturated carbocycles. The fraction of sp³-hybridized carbons (Fsp3) is 0.258. The highest BCUT2D eigenvalue weighted by atomic mass is 16.2. The zero-order valence-corrected chi connectivity index (χ0v) is 21.3. The van der Waals surface area contributed by atoms with Gasteiger partial charge in [-0.2, -0.15) is 0 Å². The predicted octanol–water partition coefficient (Wildman–Crippen LogP) is 3.68. The van der Waals surface area contributed by atoms with E-state index in [-0.39, 0.29) is 24.3 Å². The normalized spacial score (nSPS) is 16.8. The molecule has 0 bridgehead atoms. The van der Waals surface area contributed by atoms with Crippen LogP contribution in [-0.2, 0) is 20.9 Å². The first kappa shape index (κ1) is 25.3. The Bertz CT molecular complexity index is 1290. The first-order valence-electron chi connectivity index (χ1n) is 13.0. The fourth-order valence-electron chi connectivity index (χ4n) is 5.28. The molecular weight excluding hydrogens is 476 g/mol. The van der Waals surface area contributed by atoms with Gasteiger partial charge in [0.1, 0.15) is 12.1 Å². The van der Waals surface area contributed by atoms with Crippen molar-refractivity contribution < 1.29 is 14.4 Å². The van der Waals surface area contributed by atoms with Crippen molar-refractivity contribution in [2.45, 2.75) is 24.9 Å². The second-order valence-corrected chi connectivity index (χ2v) is 9.77. The number of nitrogens with one attached hydrogen (secondary N) is 1. The van der Waals surface area contributed by atoms with Crippen molar-refractivity contribution in [3.8, 4) is 0 Å². The highest BCUT2D eigenvalue weighted by molar-refractivity contribution is 5.97. The maximum atomic E-state index is 13.8. The van der Waals surface area contributed by atoms with Crippen LogP contribution in [0.25, 0.3) is 6.08 Å². The van der Waals surface area contributed by atoms with E-state index in [1.54, 1.807) is 15.9 Å². The van der Waals surface area contributed by atoms with Gasteiger partial charge >= 0.3 is 0 Å². The lowest BCUT2D eigenvalue weighted by atomic mass is 9.85. The molecule has 0 aromatic heterocycles. The summed E-state index contributed by atoms with van der Waals surface area (Å²) in [5.74, 6) is -0.299. The minimum absolute atomic E-state index is 0.000785. The highest BCUT2D eigenvalue weighted by Crippen LogP contribution is 2.39. The highest BCUT2D eigenvalue weighted by Gasteiger charge is 2.54. The zero-order valence-electron chi connectivity index (χ0n) is 21.3. The van der Waals surface area contributed by atoms with E-state index < -0.39 is 5.54 Å². The molecule has 3 aromatic carbocycles. The molecule has 0 unspecified atom stereocenters. The lowest BCUT2D eigenvalue weighted by molar-refractivity contribution is -0.138. The van der Waals surface area contributed by atoms with Crippen molar-refractivity contribution >= 4 is 29.5 Å². The third kappa shape index (κ3) is 5.47. The Morgan fingerprint density at radius 1 is 0.842 bits per heavy atom. The van der Waals surface area contributed by atoms with Crippen LogP contribution in [0.2, 0.25) is 0 Å². The number of piperidine rings is 1. The van der Waals surface area contributed by atoms with E-state index in [2.05, 4.69) is 10.2 Å². The van der Waals surface area contributed by atoms with E-state index in [0.29, 0.717) is 39.1 Å². The molecular formula is C31H32N4O3. The molecule has 0 aliphatic carbocycles. The SMILES string of the molecule is O=C(CN1CN(c2ccccc2)C2(CCN(C(=O)C=Cc3ccccc3)CC2)C1=O)NCc1ccccc1. The molecule has 1 N–H and O–H groups in total. The van der Waals surface area contributed by atoms with Crippen LogP contribution in [-0.4, -0.2) is 59.4 Å². The average molecular weight is 509 g/mol. The fourth-order valence-corrected chi connectivity index (χ4v) is 5.28. The molecule has 3 amide bonds. The maximum Gasteiger partial charge on any atom is 0.250 e. The molecule has 2 aliphatic rings. The summed E-state index contributed by atoms with van der Waals surface area (Å²) in [7, 11) is 0. The van der Waals surface area contributed by atoms with Gasteiger partial charge in [-0.05, 0) is 42.2 Å². The molecule has 3 aromatic rings. The van der Waals surface area contributed by atoms with Crippen LogP contribution < -0.4 is 10.2 Å². The standard InChI is InChI=1S/C31H32N4O3/c36-28(32-22-26-12-6-2-7-13-26)23-34-24-35(27-14-8-3-9-15-27)31(30(34)38)18-20-33(21-19-31)29(37)17-16-25-10-4-1-5-11-25/h1-17H,18-24H2,(H,32,36). The van der Waals surface area contributed by atoms with Crippen LogP contribution in [0.15, 0.2) is 97.1 Å². The summed E-state index contributed by atoms with van der Waals surface area (Å²) in [6.07, 6.45) is 4.43. The number of para-hydroxylation sites is 1. The molecule has 2 heterocycles. The molecule has 194 valence electrons. The topological polar surface area (TPSA) is 73.0 Å². The lowest BCUT2D eigenvalue weighted by Crippen LogP contribution is -2.57. The van der Waals surface area contributed by atoms with Crippen LogP contribution in [0.3, 0.4) is 0 Å². The van der Waals surface area contributed by atoms with Crippen molar-refractivity contribution in [3.63, 3.8) is 0 Å². The Balaban J connectivity index is 1.27. The molecule has 38 heavy (non-hydrogen) atoms. The van der Waals surface area contributed by atoms with Crippen molar-refractivity contribution in [3.05, 3.63) is 108 Å². The van der Waals surface area contributed by atoms with Crippen molar-refractivity contribution in [1.82, 2.24) is 15.1 Å². The van der Waals surface area contributed by atoms with Gasteiger partial charge in [0.15, 0.2) is 0 Å².